The molecule has 0 heterocycles. The van der Waals surface area contributed by atoms with Gasteiger partial charge in [0.15, 0.2) is 0 Å². The summed E-state index contributed by atoms with van der Waals surface area (Å²) in [6, 6.07) is -0.185. The van der Waals surface area contributed by atoms with Gasteiger partial charge in [0.25, 0.3) is 0 Å². The Morgan fingerprint density at radius 1 is 1.32 bits per heavy atom. The molecule has 0 spiro atoms. The van der Waals surface area contributed by atoms with E-state index in [2.05, 4.69) is 11.4 Å². The molecule has 1 unspecified atom stereocenters. The van der Waals surface area contributed by atoms with Gasteiger partial charge in [0.05, 0.1) is 6.61 Å². The second-order valence-corrected chi connectivity index (χ2v) is 5.74. The van der Waals surface area contributed by atoms with Crippen molar-refractivity contribution in [1.29, 1.82) is 0 Å². The zero-order valence-corrected chi connectivity index (χ0v) is 12.4. The van der Waals surface area contributed by atoms with Crippen LogP contribution >= 0.6 is 7.82 Å². The van der Waals surface area contributed by atoms with Crippen LogP contribution in [0.2, 0.25) is 0 Å². The molecule has 0 radical (unpaired) electrons. The predicted octanol–water partition coefficient (Wildman–Crippen LogP) is 2.43. The fourth-order valence-electron chi connectivity index (χ4n) is 1.79. The van der Waals surface area contributed by atoms with Gasteiger partial charge in [-0.1, -0.05) is 32.6 Å². The van der Waals surface area contributed by atoms with Crippen molar-refractivity contribution < 1.29 is 28.8 Å². The summed E-state index contributed by atoms with van der Waals surface area (Å²) in [6.07, 6.45) is 3.89. The summed E-state index contributed by atoms with van der Waals surface area (Å²) >= 11 is 0. The maximum Gasteiger partial charge on any atom is 0.469 e. The third kappa shape index (κ3) is 9.90. The Kier molecular flexibility index (Phi) is 9.01. The molecule has 0 aromatic rings. The molecule has 3 N–H and O–H groups in total. The van der Waals surface area contributed by atoms with Crippen LogP contribution in [0.3, 0.4) is 0 Å². The first-order valence-electron chi connectivity index (χ1n) is 6.47. The topological polar surface area (TPSA) is 107 Å². The van der Waals surface area contributed by atoms with Gasteiger partial charge in [0.2, 0.25) is 0 Å². The number of nitrogens with zero attached hydrogens (tertiary/aromatic N) is 1. The highest BCUT2D eigenvalue weighted by atomic mass is 31.2. The summed E-state index contributed by atoms with van der Waals surface area (Å²) < 4.78 is 14.8. The maximum absolute atomic E-state index is 11.1. The molecular formula is C11H24NO6P. The third-order valence-corrected chi connectivity index (χ3v) is 3.36. The van der Waals surface area contributed by atoms with Crippen molar-refractivity contribution in [3.63, 3.8) is 0 Å². The second kappa shape index (κ2) is 9.31. The highest BCUT2D eigenvalue weighted by molar-refractivity contribution is 7.46. The number of rotatable bonds is 10. The lowest BCUT2D eigenvalue weighted by molar-refractivity contribution is 0.106. The van der Waals surface area contributed by atoms with E-state index in [0.717, 1.165) is 37.0 Å². The molecular weight excluding hydrogens is 273 g/mol. The van der Waals surface area contributed by atoms with E-state index in [1.54, 1.807) is 6.92 Å². The summed E-state index contributed by atoms with van der Waals surface area (Å²) in [5.74, 6) is 0. The van der Waals surface area contributed by atoms with Gasteiger partial charge in [-0.3, -0.25) is 4.52 Å². The third-order valence-electron chi connectivity index (χ3n) is 2.84. The van der Waals surface area contributed by atoms with Crippen LogP contribution in [0.4, 0.5) is 4.79 Å². The number of unbranched alkanes of at least 4 members (excludes halogenated alkanes) is 3. The predicted molar refractivity (Wildman–Crippen MR) is 70.9 cm³/mol. The van der Waals surface area contributed by atoms with Crippen LogP contribution in [0.15, 0.2) is 0 Å². The fraction of sp³-hybridized carbons (Fsp3) is 0.909. The number of carbonyl (C=O) groups is 1. The molecule has 0 aromatic carbocycles. The number of carboxylic acid groups (broad SMARTS) is 1. The van der Waals surface area contributed by atoms with Gasteiger partial charge in [0.1, 0.15) is 0 Å². The van der Waals surface area contributed by atoms with E-state index >= 15 is 0 Å². The van der Waals surface area contributed by atoms with Crippen molar-refractivity contribution in [1.82, 2.24) is 4.90 Å². The molecule has 114 valence electrons. The second-order valence-electron chi connectivity index (χ2n) is 4.50. The SMILES string of the molecule is CCCCCCC(C)N(CCOP(=O)(O)O)C(=O)O. The molecule has 0 aliphatic carbocycles. The Morgan fingerprint density at radius 3 is 2.42 bits per heavy atom. The van der Waals surface area contributed by atoms with Crippen molar-refractivity contribution in [2.45, 2.75) is 52.0 Å². The highest BCUT2D eigenvalue weighted by Gasteiger charge is 2.21. The van der Waals surface area contributed by atoms with Gasteiger partial charge in [-0.2, -0.15) is 0 Å². The summed E-state index contributed by atoms with van der Waals surface area (Å²) in [5, 5.41) is 9.05. The molecule has 0 bridgehead atoms. The van der Waals surface area contributed by atoms with Gasteiger partial charge >= 0.3 is 13.9 Å². The van der Waals surface area contributed by atoms with Crippen LogP contribution in [0, 0.1) is 0 Å². The van der Waals surface area contributed by atoms with Crippen LogP contribution in [-0.4, -0.2) is 45.1 Å². The molecule has 0 saturated carbocycles. The first kappa shape index (κ1) is 18.4. The van der Waals surface area contributed by atoms with Crippen LogP contribution in [0.5, 0.6) is 0 Å². The first-order chi connectivity index (χ1) is 8.78. The van der Waals surface area contributed by atoms with Crippen molar-refractivity contribution >= 4 is 13.9 Å². The number of hydrogen-bond donors (Lipinski definition) is 3. The van der Waals surface area contributed by atoms with E-state index in [1.807, 2.05) is 0 Å². The van der Waals surface area contributed by atoms with Gasteiger partial charge in [0, 0.05) is 12.6 Å². The lowest BCUT2D eigenvalue weighted by Gasteiger charge is -2.26. The van der Waals surface area contributed by atoms with Crippen LogP contribution in [-0.2, 0) is 9.09 Å². The summed E-state index contributed by atoms with van der Waals surface area (Å²) in [7, 11) is -4.53. The monoisotopic (exact) mass is 297 g/mol. The van der Waals surface area contributed by atoms with Crippen LogP contribution < -0.4 is 0 Å². The fourth-order valence-corrected chi connectivity index (χ4v) is 2.10. The van der Waals surface area contributed by atoms with Gasteiger partial charge in [-0.15, -0.1) is 0 Å². The molecule has 0 fully saturated rings. The number of amides is 1. The maximum atomic E-state index is 11.1. The number of hydrogen-bond acceptors (Lipinski definition) is 3. The molecule has 0 aliphatic rings. The Labute approximate surface area is 113 Å². The van der Waals surface area contributed by atoms with Gasteiger partial charge in [-0.25, -0.2) is 9.36 Å². The van der Waals surface area contributed by atoms with Crippen LogP contribution in [0.1, 0.15) is 46.0 Å². The van der Waals surface area contributed by atoms with Crippen molar-refractivity contribution in [3.05, 3.63) is 0 Å². The van der Waals surface area contributed by atoms with Crippen molar-refractivity contribution in [2.24, 2.45) is 0 Å². The number of phosphoric ester groups is 1. The lowest BCUT2D eigenvalue weighted by atomic mass is 10.1. The Morgan fingerprint density at radius 2 is 1.95 bits per heavy atom. The standard InChI is InChI=1S/C11H24NO6P/c1-3-4-5-6-7-10(2)12(11(13)14)8-9-18-19(15,16)17/h10H,3-9H2,1-2H3,(H,13,14)(H2,15,16,17). The van der Waals surface area contributed by atoms with E-state index in [0.29, 0.717) is 0 Å². The summed E-state index contributed by atoms with van der Waals surface area (Å²) in [4.78, 5) is 29.3. The molecule has 7 nitrogen and oxygen atoms in total. The van der Waals surface area contributed by atoms with Crippen LogP contribution in [0.25, 0.3) is 0 Å². The molecule has 0 rings (SSSR count). The van der Waals surface area contributed by atoms with Gasteiger partial charge in [-0.05, 0) is 13.3 Å². The van der Waals surface area contributed by atoms with E-state index in [4.69, 9.17) is 14.9 Å². The minimum atomic E-state index is -4.53. The molecule has 1 amide bonds. The lowest BCUT2D eigenvalue weighted by Crippen LogP contribution is -2.39. The van der Waals surface area contributed by atoms with E-state index < -0.39 is 13.9 Å². The normalized spacial score (nSPS) is 13.3. The molecule has 0 aromatic heterocycles. The highest BCUT2D eigenvalue weighted by Crippen LogP contribution is 2.35. The van der Waals surface area contributed by atoms with Crippen molar-refractivity contribution in [3.8, 4) is 0 Å². The minimum Gasteiger partial charge on any atom is -0.465 e. The smallest absolute Gasteiger partial charge is 0.465 e. The van der Waals surface area contributed by atoms with Gasteiger partial charge < -0.3 is 19.8 Å². The summed E-state index contributed by atoms with van der Waals surface area (Å²) in [6.45, 7) is 3.54. The van der Waals surface area contributed by atoms with E-state index in [-0.39, 0.29) is 19.2 Å². The molecule has 1 atom stereocenters. The first-order valence-corrected chi connectivity index (χ1v) is 8.00. The average Bonchev–Trinajstić information content (AvgIpc) is 2.28. The molecule has 8 heteroatoms. The quantitative estimate of drug-likeness (QED) is 0.422. The zero-order valence-electron chi connectivity index (χ0n) is 11.5. The molecule has 0 aliphatic heterocycles. The summed E-state index contributed by atoms with van der Waals surface area (Å²) in [5.41, 5.74) is 0. The number of phosphoric acid groups is 1. The Hall–Kier alpha value is -0.620. The largest absolute Gasteiger partial charge is 0.469 e. The minimum absolute atomic E-state index is 0.0462. The zero-order chi connectivity index (χ0) is 14.9. The molecule has 19 heavy (non-hydrogen) atoms. The van der Waals surface area contributed by atoms with E-state index in [1.165, 1.54) is 0 Å². The molecule has 0 saturated heterocycles. The Bertz CT molecular complexity index is 306. The Balaban J connectivity index is 4.09. The van der Waals surface area contributed by atoms with Crippen molar-refractivity contribution in [2.75, 3.05) is 13.2 Å². The average molecular weight is 297 g/mol. The van der Waals surface area contributed by atoms with E-state index in [9.17, 15) is 9.36 Å².